The number of aryl methyl sites for hydroxylation is 2. The van der Waals surface area contributed by atoms with Gasteiger partial charge in [0, 0.05) is 10.2 Å². The van der Waals surface area contributed by atoms with Gasteiger partial charge in [-0.15, -0.1) is 69.1 Å². The Morgan fingerprint density at radius 3 is 1.41 bits per heavy atom. The fraction of sp³-hybridized carbons (Fsp3) is 0.250. The molecule has 0 saturated carbocycles. The summed E-state index contributed by atoms with van der Waals surface area (Å²) < 4.78 is 0. The van der Waals surface area contributed by atoms with E-state index in [2.05, 4.69) is 159 Å². The number of halogens is 2. The number of benzene rings is 4. The maximum atomic E-state index is 2.97. The van der Waals surface area contributed by atoms with Gasteiger partial charge in [-0.2, -0.15) is 12.1 Å². The van der Waals surface area contributed by atoms with Crippen LogP contribution < -0.4 is 24.8 Å². The molecule has 0 heterocycles. The van der Waals surface area contributed by atoms with Crippen LogP contribution in [0.2, 0.25) is 6.55 Å². The van der Waals surface area contributed by atoms with E-state index < -0.39 is 0 Å². The Kier molecular flexibility index (Phi) is 22.0. The van der Waals surface area contributed by atoms with Crippen LogP contribution in [0.4, 0.5) is 0 Å². The summed E-state index contributed by atoms with van der Waals surface area (Å²) in [5.74, 6) is 0. The molecule has 0 aliphatic heterocycles. The smallest absolute Gasteiger partial charge is 1.00 e. The first-order valence-corrected chi connectivity index (χ1v) is 16.1. The fourth-order valence-corrected chi connectivity index (χ4v) is 5.12. The molecule has 3 radical (unpaired) electrons. The van der Waals surface area contributed by atoms with Gasteiger partial charge in [0.25, 0.3) is 0 Å². The van der Waals surface area contributed by atoms with Gasteiger partial charge in [-0.3, -0.25) is 0 Å². The van der Waals surface area contributed by atoms with Gasteiger partial charge in [0.05, 0.1) is 0 Å². The summed E-state index contributed by atoms with van der Waals surface area (Å²) in [6.07, 6.45) is 6.64. The number of unbranched alkanes of at least 4 members (excludes halogenated alkanes) is 3. The van der Waals surface area contributed by atoms with Gasteiger partial charge in [-0.05, 0) is 17.5 Å². The van der Waals surface area contributed by atoms with E-state index in [4.69, 9.17) is 0 Å². The molecule has 0 N–H and O–H groups in total. The molecule has 0 fully saturated rings. The van der Waals surface area contributed by atoms with Crippen molar-refractivity contribution in [2.45, 2.75) is 66.3 Å². The Morgan fingerprint density at radius 2 is 0.977 bits per heavy atom. The first kappa shape index (κ1) is 41.8. The minimum atomic E-state index is 0. The standard InChI is InChI=1S/C17H15.C16H13.C6H14.CH3Si.2ClH.Zr/c1-2-13-11-15-9-6-10-16(17(15)12-13)14-7-4-3-5-8-14;1-12-10-14-8-5-9-15(16(14)11-12)13-6-3-2-4-7-13;1-3-5-6-4-2;1-2;;;/h3-12H,2H2,1H3;2-11H,1H3;3-6H2,1-2H3;1H3;2*1H;/q2*-1;;;;;+4/p-2. The molecule has 6 aromatic rings. The summed E-state index contributed by atoms with van der Waals surface area (Å²) in [5.41, 5.74) is 8.00. The largest absolute Gasteiger partial charge is 4.00 e. The van der Waals surface area contributed by atoms with Crippen molar-refractivity contribution >= 4 is 31.8 Å². The third-order valence-corrected chi connectivity index (χ3v) is 7.24. The predicted molar refractivity (Wildman–Crippen MR) is 186 cm³/mol. The van der Waals surface area contributed by atoms with Gasteiger partial charge < -0.3 is 24.8 Å². The van der Waals surface area contributed by atoms with Crippen LogP contribution in [0.1, 0.15) is 57.6 Å². The van der Waals surface area contributed by atoms with E-state index in [-0.39, 0.29) is 51.0 Å². The van der Waals surface area contributed by atoms with E-state index in [1.165, 1.54) is 80.6 Å². The minimum absolute atomic E-state index is 0. The minimum Gasteiger partial charge on any atom is -1.00 e. The molecule has 6 aromatic carbocycles. The summed E-state index contributed by atoms with van der Waals surface area (Å²) in [4.78, 5) is 0. The molecule has 4 heteroatoms. The third kappa shape index (κ3) is 11.9. The van der Waals surface area contributed by atoms with E-state index in [1.54, 1.807) is 6.55 Å². The number of rotatable bonds is 6. The summed E-state index contributed by atoms with van der Waals surface area (Å²) in [6.45, 7) is 10.6. The van der Waals surface area contributed by atoms with E-state index in [0.29, 0.717) is 0 Å². The SMILES string of the molecule is CCCCCC.CCc1cc2c(-c3ccccc3)cccc2[cH-]1.C[Si].Cc1cc2c(-c3ccccc3)cccc2[cH-]1.[Cl-].[Cl-].[Zr+4]. The summed E-state index contributed by atoms with van der Waals surface area (Å²) in [5, 5.41) is 5.41. The van der Waals surface area contributed by atoms with Crippen LogP contribution in [-0.2, 0) is 32.6 Å². The Morgan fingerprint density at radius 1 is 0.545 bits per heavy atom. The third-order valence-electron chi connectivity index (χ3n) is 7.24. The summed E-state index contributed by atoms with van der Waals surface area (Å²) in [7, 11) is 2.97. The van der Waals surface area contributed by atoms with Crippen molar-refractivity contribution in [3.8, 4) is 22.3 Å². The molecule has 0 nitrogen and oxygen atoms in total. The maximum Gasteiger partial charge on any atom is 4.00 e. The zero-order valence-electron chi connectivity index (χ0n) is 26.8. The second kappa shape index (κ2) is 23.2. The summed E-state index contributed by atoms with van der Waals surface area (Å²) in [6, 6.07) is 43.3. The number of hydrogen-bond acceptors (Lipinski definition) is 0. The average Bonchev–Trinajstić information content (AvgIpc) is 3.65. The zero-order valence-corrected chi connectivity index (χ0v) is 31.8. The number of hydrogen-bond donors (Lipinski definition) is 0. The molecule has 0 saturated heterocycles. The van der Waals surface area contributed by atoms with Crippen molar-refractivity contribution in [2.75, 3.05) is 0 Å². The van der Waals surface area contributed by atoms with Gasteiger partial charge in [-0.1, -0.05) is 144 Å². The second-order valence-corrected chi connectivity index (χ2v) is 10.3. The molecule has 0 aliphatic carbocycles. The van der Waals surface area contributed by atoms with Crippen molar-refractivity contribution < 1.29 is 51.0 Å². The normalized spacial score (nSPS) is 9.50. The van der Waals surface area contributed by atoms with Crippen LogP contribution >= 0.6 is 0 Å². The van der Waals surface area contributed by atoms with Gasteiger partial charge in [0.1, 0.15) is 0 Å². The first-order valence-electron chi connectivity index (χ1n) is 15.1. The zero-order chi connectivity index (χ0) is 29.5. The van der Waals surface area contributed by atoms with Gasteiger partial charge in [0.15, 0.2) is 0 Å². The van der Waals surface area contributed by atoms with E-state index >= 15 is 0 Å². The van der Waals surface area contributed by atoms with Crippen molar-refractivity contribution in [1.29, 1.82) is 0 Å². The van der Waals surface area contributed by atoms with Crippen molar-refractivity contribution in [3.05, 3.63) is 132 Å². The van der Waals surface area contributed by atoms with Crippen molar-refractivity contribution in [3.63, 3.8) is 0 Å². The Balaban J connectivity index is 0.000000646. The van der Waals surface area contributed by atoms with E-state index in [9.17, 15) is 0 Å². The first-order chi connectivity index (χ1) is 20.1. The fourth-order valence-electron chi connectivity index (χ4n) is 5.12. The molecule has 44 heavy (non-hydrogen) atoms. The monoisotopic (exact) mass is 713 g/mol. The molecule has 0 amide bonds. The Labute approximate surface area is 301 Å². The van der Waals surface area contributed by atoms with E-state index in [0.717, 1.165) is 6.42 Å². The van der Waals surface area contributed by atoms with Gasteiger partial charge in [-0.25, -0.2) is 0 Å². The van der Waals surface area contributed by atoms with Crippen LogP contribution in [0.25, 0.3) is 43.8 Å². The molecule has 0 spiro atoms. The van der Waals surface area contributed by atoms with Crippen LogP contribution in [0, 0.1) is 6.92 Å². The van der Waals surface area contributed by atoms with Crippen molar-refractivity contribution in [2.24, 2.45) is 0 Å². The average molecular weight is 716 g/mol. The predicted octanol–water partition coefficient (Wildman–Crippen LogP) is 6.12. The number of fused-ring (bicyclic) bond motifs is 2. The van der Waals surface area contributed by atoms with Crippen molar-refractivity contribution in [1.82, 2.24) is 0 Å². The van der Waals surface area contributed by atoms with Crippen LogP contribution in [0.5, 0.6) is 0 Å². The summed E-state index contributed by atoms with van der Waals surface area (Å²) >= 11 is 0. The Hall–Kier alpha value is -2.22. The molecular weight excluding hydrogens is 671 g/mol. The van der Waals surface area contributed by atoms with Gasteiger partial charge >= 0.3 is 26.2 Å². The van der Waals surface area contributed by atoms with E-state index in [1.807, 2.05) is 0 Å². The molecule has 0 bridgehead atoms. The van der Waals surface area contributed by atoms with Crippen LogP contribution in [0.3, 0.4) is 0 Å². The maximum absolute atomic E-state index is 2.97. The molecular formula is C40H45Cl2SiZr. The molecule has 0 atom stereocenters. The quantitative estimate of drug-likeness (QED) is 0.111. The molecule has 227 valence electrons. The second-order valence-electron chi connectivity index (χ2n) is 10.3. The molecule has 0 aliphatic rings. The topological polar surface area (TPSA) is 0 Å². The molecule has 0 unspecified atom stereocenters. The van der Waals surface area contributed by atoms with Gasteiger partial charge in [0.2, 0.25) is 0 Å². The van der Waals surface area contributed by atoms with Crippen LogP contribution in [-0.4, -0.2) is 10.2 Å². The molecule has 6 rings (SSSR count). The van der Waals surface area contributed by atoms with Crippen LogP contribution in [0.15, 0.2) is 121 Å². The molecule has 0 aromatic heterocycles. The Bertz CT molecular complexity index is 1570.